The SMILES string of the molecule is Cc1cc(C)c(-c2nc(Cl)c3c(n2)CCCCC3)cc1C. The lowest BCUT2D eigenvalue weighted by Gasteiger charge is -2.12. The quantitative estimate of drug-likeness (QED) is 0.547. The Morgan fingerprint density at radius 2 is 1.57 bits per heavy atom. The van der Waals surface area contributed by atoms with Gasteiger partial charge in [-0.1, -0.05) is 24.1 Å². The van der Waals surface area contributed by atoms with Gasteiger partial charge in [-0.25, -0.2) is 9.97 Å². The summed E-state index contributed by atoms with van der Waals surface area (Å²) >= 11 is 6.44. The molecule has 0 bridgehead atoms. The van der Waals surface area contributed by atoms with Crippen LogP contribution in [0.1, 0.15) is 47.2 Å². The summed E-state index contributed by atoms with van der Waals surface area (Å²) in [7, 11) is 0. The lowest BCUT2D eigenvalue weighted by atomic mass is 10.00. The summed E-state index contributed by atoms with van der Waals surface area (Å²) in [4.78, 5) is 9.42. The monoisotopic (exact) mass is 300 g/mol. The molecule has 3 rings (SSSR count). The predicted molar refractivity (Wildman–Crippen MR) is 87.9 cm³/mol. The van der Waals surface area contributed by atoms with Gasteiger partial charge in [0.25, 0.3) is 0 Å². The molecule has 1 aromatic heterocycles. The van der Waals surface area contributed by atoms with E-state index in [4.69, 9.17) is 16.6 Å². The number of hydrogen-bond donors (Lipinski definition) is 0. The van der Waals surface area contributed by atoms with Crippen LogP contribution in [0.15, 0.2) is 12.1 Å². The molecule has 3 heteroatoms. The standard InChI is InChI=1S/C18H21ClN2/c1-11-9-13(3)15(10-12(11)2)18-20-16-8-6-4-5-7-14(16)17(19)21-18/h9-10H,4-8H2,1-3H3. The second kappa shape index (κ2) is 5.76. The van der Waals surface area contributed by atoms with E-state index in [1.807, 2.05) is 0 Å². The number of aromatic nitrogens is 2. The van der Waals surface area contributed by atoms with E-state index in [-0.39, 0.29) is 0 Å². The molecule has 2 nitrogen and oxygen atoms in total. The van der Waals surface area contributed by atoms with Crippen LogP contribution in [0.5, 0.6) is 0 Å². The molecule has 0 amide bonds. The smallest absolute Gasteiger partial charge is 0.161 e. The highest BCUT2D eigenvalue weighted by Gasteiger charge is 2.17. The minimum atomic E-state index is 0.648. The molecule has 0 N–H and O–H groups in total. The highest BCUT2D eigenvalue weighted by atomic mass is 35.5. The first-order valence-corrected chi connectivity index (χ1v) is 8.07. The third-order valence-electron chi connectivity index (χ3n) is 4.46. The Balaban J connectivity index is 2.14. The molecule has 110 valence electrons. The van der Waals surface area contributed by atoms with Crippen molar-refractivity contribution in [2.45, 2.75) is 52.9 Å². The maximum atomic E-state index is 6.44. The fraction of sp³-hybridized carbons (Fsp3) is 0.444. The van der Waals surface area contributed by atoms with Crippen molar-refractivity contribution in [3.63, 3.8) is 0 Å². The molecule has 0 saturated carbocycles. The molecule has 0 spiro atoms. The summed E-state index contributed by atoms with van der Waals surface area (Å²) < 4.78 is 0. The van der Waals surface area contributed by atoms with Crippen LogP contribution < -0.4 is 0 Å². The molecule has 0 fully saturated rings. The zero-order chi connectivity index (χ0) is 15.0. The molecular weight excluding hydrogens is 280 g/mol. The minimum Gasteiger partial charge on any atom is -0.233 e. The van der Waals surface area contributed by atoms with Crippen LogP contribution in [0.25, 0.3) is 11.4 Å². The van der Waals surface area contributed by atoms with Crippen molar-refractivity contribution in [3.05, 3.63) is 45.2 Å². The zero-order valence-corrected chi connectivity index (χ0v) is 13.7. The Labute approximate surface area is 131 Å². The summed E-state index contributed by atoms with van der Waals surface area (Å²) in [6, 6.07) is 4.38. The second-order valence-corrected chi connectivity index (χ2v) is 6.43. The molecule has 0 aliphatic heterocycles. The number of hydrogen-bond acceptors (Lipinski definition) is 2. The van der Waals surface area contributed by atoms with E-state index in [0.717, 1.165) is 29.9 Å². The van der Waals surface area contributed by atoms with E-state index in [0.29, 0.717) is 5.15 Å². The lowest BCUT2D eigenvalue weighted by Crippen LogP contribution is -2.03. The lowest BCUT2D eigenvalue weighted by molar-refractivity contribution is 0.709. The Morgan fingerprint density at radius 1 is 0.857 bits per heavy atom. The van der Waals surface area contributed by atoms with Crippen molar-refractivity contribution in [1.29, 1.82) is 0 Å². The summed E-state index contributed by atoms with van der Waals surface area (Å²) in [5.41, 5.74) is 7.21. The van der Waals surface area contributed by atoms with Gasteiger partial charge in [0.15, 0.2) is 5.82 Å². The van der Waals surface area contributed by atoms with Crippen molar-refractivity contribution in [2.75, 3.05) is 0 Å². The van der Waals surface area contributed by atoms with Crippen molar-refractivity contribution >= 4 is 11.6 Å². The van der Waals surface area contributed by atoms with Crippen LogP contribution in [0.4, 0.5) is 0 Å². The van der Waals surface area contributed by atoms with Gasteiger partial charge < -0.3 is 0 Å². The number of fused-ring (bicyclic) bond motifs is 1. The van der Waals surface area contributed by atoms with Gasteiger partial charge in [-0.15, -0.1) is 0 Å². The fourth-order valence-corrected chi connectivity index (χ4v) is 3.33. The van der Waals surface area contributed by atoms with Crippen molar-refractivity contribution in [1.82, 2.24) is 9.97 Å². The Kier molecular flexibility index (Phi) is 3.99. The largest absolute Gasteiger partial charge is 0.233 e. The molecule has 0 atom stereocenters. The number of benzene rings is 1. The van der Waals surface area contributed by atoms with E-state index in [1.165, 1.54) is 41.5 Å². The molecule has 1 aliphatic rings. The second-order valence-electron chi connectivity index (χ2n) is 6.08. The van der Waals surface area contributed by atoms with E-state index in [2.05, 4.69) is 37.9 Å². The van der Waals surface area contributed by atoms with Crippen LogP contribution in [-0.2, 0) is 12.8 Å². The van der Waals surface area contributed by atoms with Gasteiger partial charge in [0.05, 0.1) is 0 Å². The molecule has 1 aromatic carbocycles. The highest BCUT2D eigenvalue weighted by Crippen LogP contribution is 2.30. The normalized spacial score (nSPS) is 14.7. The van der Waals surface area contributed by atoms with Gasteiger partial charge in [0.2, 0.25) is 0 Å². The molecular formula is C18H21ClN2. The number of halogens is 1. The number of aryl methyl sites for hydroxylation is 4. The molecule has 0 saturated heterocycles. The number of rotatable bonds is 1. The summed E-state index contributed by atoms with van der Waals surface area (Å²) in [5, 5.41) is 0.648. The summed E-state index contributed by atoms with van der Waals surface area (Å²) in [5.74, 6) is 0.779. The Hall–Kier alpha value is -1.41. The topological polar surface area (TPSA) is 25.8 Å². The average Bonchev–Trinajstić information content (AvgIpc) is 2.68. The van der Waals surface area contributed by atoms with Crippen LogP contribution in [0, 0.1) is 20.8 Å². The van der Waals surface area contributed by atoms with Gasteiger partial charge in [-0.05, 0) is 69.2 Å². The predicted octanol–water partition coefficient (Wildman–Crippen LogP) is 4.99. The number of nitrogens with zero attached hydrogens (tertiary/aromatic N) is 2. The van der Waals surface area contributed by atoms with Gasteiger partial charge in [-0.2, -0.15) is 0 Å². The fourth-order valence-electron chi connectivity index (χ4n) is 3.05. The van der Waals surface area contributed by atoms with Gasteiger partial charge in [-0.3, -0.25) is 0 Å². The molecule has 1 aliphatic carbocycles. The van der Waals surface area contributed by atoms with E-state index >= 15 is 0 Å². The van der Waals surface area contributed by atoms with Gasteiger partial charge in [0.1, 0.15) is 5.15 Å². The van der Waals surface area contributed by atoms with E-state index in [1.54, 1.807) is 0 Å². The van der Waals surface area contributed by atoms with Crippen molar-refractivity contribution in [2.24, 2.45) is 0 Å². The van der Waals surface area contributed by atoms with Crippen LogP contribution >= 0.6 is 11.6 Å². The molecule has 1 heterocycles. The molecule has 0 radical (unpaired) electrons. The van der Waals surface area contributed by atoms with E-state index < -0.39 is 0 Å². The van der Waals surface area contributed by atoms with Crippen LogP contribution in [-0.4, -0.2) is 9.97 Å². The van der Waals surface area contributed by atoms with Crippen molar-refractivity contribution in [3.8, 4) is 11.4 Å². The van der Waals surface area contributed by atoms with Gasteiger partial charge >= 0.3 is 0 Å². The van der Waals surface area contributed by atoms with Gasteiger partial charge in [0, 0.05) is 16.8 Å². The third-order valence-corrected chi connectivity index (χ3v) is 4.78. The zero-order valence-electron chi connectivity index (χ0n) is 13.0. The minimum absolute atomic E-state index is 0.648. The average molecular weight is 301 g/mol. The molecule has 21 heavy (non-hydrogen) atoms. The Morgan fingerprint density at radius 3 is 2.38 bits per heavy atom. The van der Waals surface area contributed by atoms with Crippen LogP contribution in [0.3, 0.4) is 0 Å². The van der Waals surface area contributed by atoms with Crippen molar-refractivity contribution < 1.29 is 0 Å². The first kappa shape index (κ1) is 14.5. The maximum Gasteiger partial charge on any atom is 0.161 e. The highest BCUT2D eigenvalue weighted by molar-refractivity contribution is 6.30. The summed E-state index contributed by atoms with van der Waals surface area (Å²) in [6.45, 7) is 6.38. The molecule has 2 aromatic rings. The Bertz CT molecular complexity index is 692. The van der Waals surface area contributed by atoms with E-state index in [9.17, 15) is 0 Å². The first-order chi connectivity index (χ1) is 10.1. The molecule has 0 unspecified atom stereocenters. The van der Waals surface area contributed by atoms with Crippen LogP contribution in [0.2, 0.25) is 5.15 Å². The first-order valence-electron chi connectivity index (χ1n) is 7.70. The summed E-state index contributed by atoms with van der Waals surface area (Å²) in [6.07, 6.45) is 5.68. The third kappa shape index (κ3) is 2.82. The maximum absolute atomic E-state index is 6.44.